The van der Waals surface area contributed by atoms with Crippen molar-refractivity contribution in [2.45, 2.75) is 58.3 Å². The molecule has 1 saturated carbocycles. The quantitative estimate of drug-likeness (QED) is 0.297. The molecule has 2 atom stereocenters. The number of nitrogens with zero attached hydrogens (tertiary/aromatic N) is 2. The summed E-state index contributed by atoms with van der Waals surface area (Å²) >= 11 is 0. The highest BCUT2D eigenvalue weighted by Crippen LogP contribution is 2.26. The van der Waals surface area contributed by atoms with Crippen molar-refractivity contribution in [1.82, 2.24) is 15.5 Å². The predicted octanol–water partition coefficient (Wildman–Crippen LogP) is 1.93. The maximum atomic E-state index is 12.2. The van der Waals surface area contributed by atoms with Gasteiger partial charge in [-0.3, -0.25) is 9.78 Å². The summed E-state index contributed by atoms with van der Waals surface area (Å²) in [6.45, 7) is 3.84. The molecule has 6 N–H and O–H groups in total. The highest BCUT2D eigenvalue weighted by atomic mass is 16.5. The summed E-state index contributed by atoms with van der Waals surface area (Å²) in [5.74, 6) is 0.317. The third-order valence-corrected chi connectivity index (χ3v) is 5.22. The number of pyridine rings is 1. The Morgan fingerprint density at radius 3 is 2.84 bits per heavy atom. The first-order chi connectivity index (χ1) is 14.8. The summed E-state index contributed by atoms with van der Waals surface area (Å²) in [6, 6.07) is 3.73. The number of aryl methyl sites for hydroxylation is 2. The van der Waals surface area contributed by atoms with Crippen LogP contribution in [0.2, 0.25) is 0 Å². The van der Waals surface area contributed by atoms with Crippen molar-refractivity contribution < 1.29 is 19.2 Å². The van der Waals surface area contributed by atoms with E-state index in [9.17, 15) is 9.90 Å². The van der Waals surface area contributed by atoms with E-state index in [0.29, 0.717) is 17.9 Å². The number of rotatable bonds is 7. The summed E-state index contributed by atoms with van der Waals surface area (Å²) in [7, 11) is 0. The third-order valence-electron chi connectivity index (χ3n) is 5.22. The first-order valence-corrected chi connectivity index (χ1v) is 10.3. The Morgan fingerprint density at radius 2 is 2.13 bits per heavy atom. The molecule has 0 radical (unpaired) electrons. The zero-order chi connectivity index (χ0) is 22.4. The molecule has 1 aliphatic carbocycles. The van der Waals surface area contributed by atoms with Crippen LogP contribution in [0.1, 0.15) is 42.7 Å². The van der Waals surface area contributed by atoms with Crippen molar-refractivity contribution in [2.75, 3.05) is 0 Å². The minimum absolute atomic E-state index is 0.0131. The van der Waals surface area contributed by atoms with Crippen LogP contribution in [-0.2, 0) is 16.1 Å². The van der Waals surface area contributed by atoms with Gasteiger partial charge in [-0.25, -0.2) is 0 Å². The zero-order valence-electron chi connectivity index (χ0n) is 17.8. The Kier molecular flexibility index (Phi) is 7.30. The lowest BCUT2D eigenvalue weighted by Crippen LogP contribution is -2.41. The van der Waals surface area contributed by atoms with E-state index < -0.39 is 5.91 Å². The second kappa shape index (κ2) is 10.1. The Balaban J connectivity index is 1.59. The van der Waals surface area contributed by atoms with Crippen molar-refractivity contribution in [3.8, 4) is 11.3 Å². The van der Waals surface area contributed by atoms with E-state index in [2.05, 4.69) is 15.5 Å². The molecule has 0 aromatic carbocycles. The first-order valence-electron chi connectivity index (χ1n) is 10.3. The van der Waals surface area contributed by atoms with Gasteiger partial charge in [-0.1, -0.05) is 5.16 Å². The number of amides is 1. The molecule has 1 fully saturated rings. The number of hydrogen-bond acceptors (Lipinski definition) is 8. The molecule has 1 aliphatic rings. The minimum Gasteiger partial charge on any atom is -0.474 e. The predicted molar refractivity (Wildman–Crippen MR) is 115 cm³/mol. The van der Waals surface area contributed by atoms with Crippen LogP contribution >= 0.6 is 0 Å². The summed E-state index contributed by atoms with van der Waals surface area (Å²) in [5, 5.41) is 16.6. The van der Waals surface area contributed by atoms with Crippen LogP contribution in [0, 0.1) is 13.8 Å². The van der Waals surface area contributed by atoms with Crippen molar-refractivity contribution in [3.63, 3.8) is 0 Å². The number of aliphatic hydroxyl groups excluding tert-OH is 1. The highest BCUT2D eigenvalue weighted by Gasteiger charge is 2.22. The van der Waals surface area contributed by atoms with Crippen LogP contribution in [0.5, 0.6) is 0 Å². The molecule has 2 aromatic heterocycles. The maximum absolute atomic E-state index is 12.2. The minimum atomic E-state index is -0.396. The Bertz CT molecular complexity index is 965. The fourth-order valence-electron chi connectivity index (χ4n) is 3.41. The molecule has 166 valence electrons. The van der Waals surface area contributed by atoms with Gasteiger partial charge in [0.2, 0.25) is 0 Å². The van der Waals surface area contributed by atoms with E-state index in [4.69, 9.17) is 20.7 Å². The smallest absolute Gasteiger partial charge is 0.267 e. The Hall–Kier alpha value is -3.33. The summed E-state index contributed by atoms with van der Waals surface area (Å²) in [5.41, 5.74) is 14.9. The van der Waals surface area contributed by atoms with Gasteiger partial charge in [0.05, 0.1) is 17.4 Å². The number of aliphatic hydroxyl groups is 1. The van der Waals surface area contributed by atoms with Crippen LogP contribution in [-0.4, -0.2) is 33.3 Å². The van der Waals surface area contributed by atoms with E-state index in [-0.39, 0.29) is 30.3 Å². The van der Waals surface area contributed by atoms with Crippen LogP contribution < -0.4 is 16.8 Å². The number of hydrogen-bond donors (Lipinski definition) is 4. The fourth-order valence-corrected chi connectivity index (χ4v) is 3.41. The van der Waals surface area contributed by atoms with E-state index in [1.807, 2.05) is 19.1 Å². The van der Waals surface area contributed by atoms with Crippen molar-refractivity contribution >= 4 is 5.91 Å². The van der Waals surface area contributed by atoms with Crippen LogP contribution in [0.15, 0.2) is 46.6 Å². The highest BCUT2D eigenvalue weighted by molar-refractivity contribution is 5.92. The molecule has 0 bridgehead atoms. The number of carbonyl (C=O) groups excluding carboxylic acids is 1. The molecule has 9 nitrogen and oxygen atoms in total. The molecule has 2 unspecified atom stereocenters. The van der Waals surface area contributed by atoms with Crippen LogP contribution in [0.25, 0.3) is 11.3 Å². The fraction of sp³-hybridized carbons (Fsp3) is 0.409. The van der Waals surface area contributed by atoms with Gasteiger partial charge in [0.1, 0.15) is 18.1 Å². The summed E-state index contributed by atoms with van der Waals surface area (Å²) in [6.07, 6.45) is 7.18. The van der Waals surface area contributed by atoms with Gasteiger partial charge in [0, 0.05) is 23.5 Å². The largest absolute Gasteiger partial charge is 0.474 e. The van der Waals surface area contributed by atoms with Gasteiger partial charge in [0.15, 0.2) is 5.88 Å². The number of aromatic nitrogens is 2. The lowest BCUT2D eigenvalue weighted by atomic mass is 9.93. The average molecular weight is 428 g/mol. The molecule has 0 spiro atoms. The molecule has 2 aromatic rings. The van der Waals surface area contributed by atoms with Gasteiger partial charge >= 0.3 is 0 Å². The van der Waals surface area contributed by atoms with Crippen molar-refractivity contribution in [2.24, 2.45) is 11.5 Å². The van der Waals surface area contributed by atoms with E-state index in [1.54, 1.807) is 13.1 Å². The van der Waals surface area contributed by atoms with Gasteiger partial charge in [-0.05, 0) is 63.8 Å². The molecular weight excluding hydrogens is 398 g/mol. The average Bonchev–Trinajstić information content (AvgIpc) is 3.11. The zero-order valence-corrected chi connectivity index (χ0v) is 17.8. The lowest BCUT2D eigenvalue weighted by molar-refractivity contribution is -0.118. The molecule has 9 heteroatoms. The van der Waals surface area contributed by atoms with E-state index in [1.165, 1.54) is 12.2 Å². The van der Waals surface area contributed by atoms with Gasteiger partial charge in [-0.15, -0.1) is 0 Å². The molecular formula is C22H29N5O4. The first kappa shape index (κ1) is 22.4. The third kappa shape index (κ3) is 6.08. The topological polar surface area (TPSA) is 150 Å². The number of carbonyl (C=O) groups is 1. The molecule has 1 amide bonds. The van der Waals surface area contributed by atoms with Crippen molar-refractivity contribution in [1.29, 1.82) is 0 Å². The number of nitrogens with two attached hydrogens (primary N) is 2. The Labute approximate surface area is 181 Å². The summed E-state index contributed by atoms with van der Waals surface area (Å²) in [4.78, 5) is 16.5. The normalized spacial score (nSPS) is 19.8. The molecule has 0 saturated heterocycles. The SMILES string of the molecule is Cc1ccc(-c2noc(C)c2CO/C(N)=C/C=C(\N)C(=O)NC2CCCC(O)C2)cn1. The number of nitrogens with one attached hydrogen (secondary N) is 1. The number of allylic oxidation sites excluding steroid dienone is 2. The second-order valence-corrected chi connectivity index (χ2v) is 7.72. The van der Waals surface area contributed by atoms with Crippen LogP contribution in [0.4, 0.5) is 0 Å². The summed E-state index contributed by atoms with van der Waals surface area (Å²) < 4.78 is 10.9. The Morgan fingerprint density at radius 1 is 1.32 bits per heavy atom. The second-order valence-electron chi connectivity index (χ2n) is 7.72. The van der Waals surface area contributed by atoms with Gasteiger partial charge in [0.25, 0.3) is 5.91 Å². The standard InChI is InChI=1S/C22H29N5O4/c1-13-6-7-15(11-25-13)21-18(14(2)31-27-21)12-30-20(24)9-8-19(23)22(29)26-16-4-3-5-17(28)10-16/h6-9,11,16-17,28H,3-5,10,12,23-24H2,1-2H3,(H,26,29)/b19-8-,20-9+. The molecule has 0 aliphatic heterocycles. The molecule has 3 rings (SSSR count). The lowest BCUT2D eigenvalue weighted by Gasteiger charge is -2.26. The van der Waals surface area contributed by atoms with E-state index >= 15 is 0 Å². The molecule has 31 heavy (non-hydrogen) atoms. The van der Waals surface area contributed by atoms with Crippen molar-refractivity contribution in [3.05, 3.63) is 59.1 Å². The van der Waals surface area contributed by atoms with Gasteiger partial charge in [-0.2, -0.15) is 0 Å². The van der Waals surface area contributed by atoms with Crippen LogP contribution in [0.3, 0.4) is 0 Å². The number of ether oxygens (including phenoxy) is 1. The van der Waals surface area contributed by atoms with Gasteiger partial charge < -0.3 is 31.2 Å². The maximum Gasteiger partial charge on any atom is 0.267 e. The van der Waals surface area contributed by atoms with E-state index in [0.717, 1.165) is 36.1 Å². The monoisotopic (exact) mass is 427 g/mol. The molecule has 2 heterocycles.